The number of amides is 2. The second-order valence-corrected chi connectivity index (χ2v) is 10.7. The summed E-state index contributed by atoms with van der Waals surface area (Å²) in [6.07, 6.45) is 5.17. The van der Waals surface area contributed by atoms with Gasteiger partial charge in [0, 0.05) is 56.9 Å². The van der Waals surface area contributed by atoms with E-state index in [-0.39, 0.29) is 17.4 Å². The van der Waals surface area contributed by atoms with Gasteiger partial charge in [0.25, 0.3) is 5.56 Å². The van der Waals surface area contributed by atoms with Crippen molar-refractivity contribution in [3.8, 4) is 0 Å². The van der Waals surface area contributed by atoms with Crippen molar-refractivity contribution in [1.29, 1.82) is 0 Å². The number of hydrogen-bond donors (Lipinski definition) is 1. The Hall–Kier alpha value is -4.24. The van der Waals surface area contributed by atoms with Crippen molar-refractivity contribution in [2.45, 2.75) is 47.3 Å². The van der Waals surface area contributed by atoms with Gasteiger partial charge in [0.2, 0.25) is 11.8 Å². The molecule has 0 saturated heterocycles. The molecular formula is C30H33N5O4. The van der Waals surface area contributed by atoms with E-state index in [0.29, 0.717) is 48.5 Å². The summed E-state index contributed by atoms with van der Waals surface area (Å²) in [5.74, 6) is -0.585. The maximum absolute atomic E-state index is 13.1. The van der Waals surface area contributed by atoms with Crippen molar-refractivity contribution in [2.75, 3.05) is 23.8 Å². The van der Waals surface area contributed by atoms with Crippen molar-refractivity contribution < 1.29 is 14.0 Å². The molecule has 9 heteroatoms. The third kappa shape index (κ3) is 4.97. The summed E-state index contributed by atoms with van der Waals surface area (Å²) in [6, 6.07) is 11.5. The van der Waals surface area contributed by atoms with Crippen molar-refractivity contribution >= 4 is 34.2 Å². The van der Waals surface area contributed by atoms with E-state index in [4.69, 9.17) is 4.42 Å². The molecule has 0 fully saturated rings. The first-order chi connectivity index (χ1) is 18.6. The molecule has 1 aromatic carbocycles. The Morgan fingerprint density at radius 1 is 1.08 bits per heavy atom. The number of anilines is 2. The van der Waals surface area contributed by atoms with E-state index in [1.165, 1.54) is 0 Å². The Balaban J connectivity index is 1.44. The minimum atomic E-state index is -1.17. The van der Waals surface area contributed by atoms with E-state index in [1.807, 2.05) is 44.3 Å². The standard InChI is InChI=1S/C30H33N5O4/c1-19-16-35(27(36)23-10-14-39-26(19)23)13-12-34(18-22-7-6-11-31-20(22)2)17-21-8-9-24-25(15-21)33(5)29(38)30(3,4)28(37)32-24/h6-11,14-16H,12-13,17-18H2,1-5H3,(H,32,37). The number of carbonyl (C=O) groups is 2. The SMILES string of the molecule is Cc1ncccc1CN(CCn1cc(C)c2occc2c1=O)Cc1ccc2c(c1)N(C)C(=O)C(C)(C)C(=O)N2. The first-order valence-corrected chi connectivity index (χ1v) is 13.0. The zero-order chi connectivity index (χ0) is 27.9. The summed E-state index contributed by atoms with van der Waals surface area (Å²) >= 11 is 0. The molecule has 202 valence electrons. The van der Waals surface area contributed by atoms with Crippen LogP contribution in [0.15, 0.2) is 64.3 Å². The molecule has 1 aliphatic heterocycles. The number of nitrogens with zero attached hydrogens (tertiary/aromatic N) is 4. The Morgan fingerprint density at radius 2 is 1.87 bits per heavy atom. The van der Waals surface area contributed by atoms with Gasteiger partial charge in [-0.3, -0.25) is 24.3 Å². The zero-order valence-electron chi connectivity index (χ0n) is 22.9. The fourth-order valence-corrected chi connectivity index (χ4v) is 5.06. The molecule has 4 aromatic rings. The molecule has 3 aromatic heterocycles. The lowest BCUT2D eigenvalue weighted by Gasteiger charge is -2.26. The molecule has 39 heavy (non-hydrogen) atoms. The number of rotatable bonds is 7. The Labute approximate surface area is 227 Å². The predicted molar refractivity (Wildman–Crippen MR) is 151 cm³/mol. The van der Waals surface area contributed by atoms with Gasteiger partial charge < -0.3 is 19.2 Å². The second kappa shape index (κ2) is 10.1. The summed E-state index contributed by atoms with van der Waals surface area (Å²) < 4.78 is 7.22. The average molecular weight is 528 g/mol. The fourth-order valence-electron chi connectivity index (χ4n) is 5.06. The average Bonchev–Trinajstić information content (AvgIpc) is 3.40. The molecule has 0 atom stereocenters. The maximum atomic E-state index is 13.1. The Kier molecular flexibility index (Phi) is 6.86. The molecule has 1 N–H and O–H groups in total. The van der Waals surface area contributed by atoms with Gasteiger partial charge in [0.1, 0.15) is 11.0 Å². The number of aryl methyl sites for hydroxylation is 2. The molecule has 4 heterocycles. The summed E-state index contributed by atoms with van der Waals surface area (Å²) in [4.78, 5) is 47.1. The molecular weight excluding hydrogens is 494 g/mol. The number of nitrogens with one attached hydrogen (secondary N) is 1. The van der Waals surface area contributed by atoms with Crippen LogP contribution in [0.4, 0.5) is 11.4 Å². The first kappa shape index (κ1) is 26.4. The number of fused-ring (bicyclic) bond motifs is 2. The largest absolute Gasteiger partial charge is 0.464 e. The minimum Gasteiger partial charge on any atom is -0.464 e. The predicted octanol–water partition coefficient (Wildman–Crippen LogP) is 4.25. The molecule has 0 radical (unpaired) electrons. The minimum absolute atomic E-state index is 0.0783. The highest BCUT2D eigenvalue weighted by Crippen LogP contribution is 2.35. The van der Waals surface area contributed by atoms with E-state index in [1.54, 1.807) is 48.9 Å². The number of hydrogen-bond acceptors (Lipinski definition) is 6. The topological polar surface area (TPSA) is 101 Å². The number of carbonyl (C=O) groups excluding carboxylic acids is 2. The van der Waals surface area contributed by atoms with Crippen LogP contribution in [0.3, 0.4) is 0 Å². The lowest BCUT2D eigenvalue weighted by atomic mass is 9.91. The summed E-state index contributed by atoms with van der Waals surface area (Å²) in [5, 5.41) is 3.48. The normalized spacial score (nSPS) is 15.0. The Bertz CT molecular complexity index is 1630. The third-order valence-corrected chi connectivity index (χ3v) is 7.52. The molecule has 5 rings (SSSR count). The van der Waals surface area contributed by atoms with E-state index in [2.05, 4.69) is 21.3 Å². The van der Waals surface area contributed by atoms with Gasteiger partial charge in [0.15, 0.2) is 0 Å². The lowest BCUT2D eigenvalue weighted by molar-refractivity contribution is -0.136. The molecule has 9 nitrogen and oxygen atoms in total. The van der Waals surface area contributed by atoms with Crippen LogP contribution >= 0.6 is 0 Å². The maximum Gasteiger partial charge on any atom is 0.261 e. The molecule has 1 aliphatic rings. The molecule has 0 bridgehead atoms. The first-order valence-electron chi connectivity index (χ1n) is 13.0. The van der Waals surface area contributed by atoms with Crippen LogP contribution in [0.1, 0.15) is 36.2 Å². The van der Waals surface area contributed by atoms with Crippen LogP contribution in [0.5, 0.6) is 0 Å². The molecule has 0 spiro atoms. The van der Waals surface area contributed by atoms with Crippen molar-refractivity contribution in [3.63, 3.8) is 0 Å². The van der Waals surface area contributed by atoms with Gasteiger partial charge >= 0.3 is 0 Å². The number of aromatic nitrogens is 2. The van der Waals surface area contributed by atoms with E-state index in [9.17, 15) is 14.4 Å². The highest BCUT2D eigenvalue weighted by molar-refractivity contribution is 6.19. The summed E-state index contributed by atoms with van der Waals surface area (Å²) in [7, 11) is 1.70. The van der Waals surface area contributed by atoms with Crippen LogP contribution in [0.25, 0.3) is 11.0 Å². The van der Waals surface area contributed by atoms with Gasteiger partial charge in [0.05, 0.1) is 23.0 Å². The van der Waals surface area contributed by atoms with Gasteiger partial charge in [-0.15, -0.1) is 0 Å². The van der Waals surface area contributed by atoms with Crippen LogP contribution in [-0.4, -0.2) is 39.9 Å². The molecule has 0 aliphatic carbocycles. The van der Waals surface area contributed by atoms with Crippen LogP contribution < -0.4 is 15.8 Å². The molecule has 0 unspecified atom stereocenters. The number of benzene rings is 1. The number of furan rings is 1. The van der Waals surface area contributed by atoms with Crippen molar-refractivity contribution in [1.82, 2.24) is 14.5 Å². The monoisotopic (exact) mass is 527 g/mol. The molecule has 2 amide bonds. The summed E-state index contributed by atoms with van der Waals surface area (Å²) in [6.45, 7) is 9.50. The van der Waals surface area contributed by atoms with Gasteiger partial charge in [-0.2, -0.15) is 0 Å². The number of pyridine rings is 2. The molecule has 0 saturated carbocycles. The van der Waals surface area contributed by atoms with E-state index >= 15 is 0 Å². The van der Waals surface area contributed by atoms with Crippen molar-refractivity contribution in [3.05, 3.63) is 87.8 Å². The van der Waals surface area contributed by atoms with E-state index < -0.39 is 5.41 Å². The van der Waals surface area contributed by atoms with Crippen LogP contribution in [0.2, 0.25) is 0 Å². The van der Waals surface area contributed by atoms with Gasteiger partial charge in [-0.1, -0.05) is 12.1 Å². The van der Waals surface area contributed by atoms with Crippen LogP contribution in [-0.2, 0) is 29.2 Å². The highest BCUT2D eigenvalue weighted by atomic mass is 16.3. The zero-order valence-corrected chi connectivity index (χ0v) is 22.9. The summed E-state index contributed by atoms with van der Waals surface area (Å²) in [5.41, 5.74) is 4.59. The van der Waals surface area contributed by atoms with Gasteiger partial charge in [-0.05, 0) is 63.1 Å². The smallest absolute Gasteiger partial charge is 0.261 e. The third-order valence-electron chi connectivity index (χ3n) is 7.52. The Morgan fingerprint density at radius 3 is 2.64 bits per heavy atom. The highest BCUT2D eigenvalue weighted by Gasteiger charge is 2.41. The quantitative estimate of drug-likeness (QED) is 0.361. The van der Waals surface area contributed by atoms with Crippen molar-refractivity contribution in [2.24, 2.45) is 5.41 Å². The van der Waals surface area contributed by atoms with Crippen LogP contribution in [0, 0.1) is 19.3 Å². The van der Waals surface area contributed by atoms with Gasteiger partial charge in [-0.25, -0.2) is 0 Å². The lowest BCUT2D eigenvalue weighted by Crippen LogP contribution is -2.43. The fraction of sp³-hybridized carbons (Fsp3) is 0.333. The second-order valence-electron chi connectivity index (χ2n) is 10.7. The van der Waals surface area contributed by atoms with E-state index in [0.717, 1.165) is 22.4 Å².